The van der Waals surface area contributed by atoms with Gasteiger partial charge in [0.2, 0.25) is 5.91 Å². The minimum Gasteiger partial charge on any atom is -0.352 e. The molecular formula is C20H33IN4O. The van der Waals surface area contributed by atoms with Gasteiger partial charge in [0, 0.05) is 42.7 Å². The lowest BCUT2D eigenvalue weighted by Crippen LogP contribution is -2.72. The van der Waals surface area contributed by atoms with E-state index < -0.39 is 0 Å². The molecule has 1 aliphatic rings. The van der Waals surface area contributed by atoms with E-state index in [0.29, 0.717) is 6.54 Å². The molecule has 0 saturated carbocycles. The molecule has 146 valence electrons. The predicted molar refractivity (Wildman–Crippen MR) is 120 cm³/mol. The summed E-state index contributed by atoms with van der Waals surface area (Å²) >= 11 is 0. The summed E-state index contributed by atoms with van der Waals surface area (Å²) in [6.45, 7) is 14.6. The fraction of sp³-hybridized carbons (Fsp3) is 0.600. The van der Waals surface area contributed by atoms with E-state index in [9.17, 15) is 4.79 Å². The van der Waals surface area contributed by atoms with Crippen molar-refractivity contribution < 1.29 is 4.79 Å². The lowest BCUT2D eigenvalue weighted by atomic mass is 9.65. The summed E-state index contributed by atoms with van der Waals surface area (Å²) in [6.07, 6.45) is 0. The summed E-state index contributed by atoms with van der Waals surface area (Å²) < 4.78 is 0. The highest BCUT2D eigenvalue weighted by molar-refractivity contribution is 14.0. The van der Waals surface area contributed by atoms with E-state index in [2.05, 4.69) is 48.2 Å². The topological polar surface area (TPSA) is 56.7 Å². The maximum Gasteiger partial charge on any atom is 0.226 e. The largest absolute Gasteiger partial charge is 0.352 e. The van der Waals surface area contributed by atoms with Gasteiger partial charge in [-0.1, -0.05) is 39.8 Å². The highest BCUT2D eigenvalue weighted by Crippen LogP contribution is 2.46. The molecule has 1 fully saturated rings. The number of carbonyl (C=O) groups is 1. The molecule has 0 aliphatic carbocycles. The Morgan fingerprint density at radius 2 is 1.77 bits per heavy atom. The number of rotatable bonds is 4. The number of nitrogens with zero attached hydrogens (tertiary/aromatic N) is 2. The van der Waals surface area contributed by atoms with E-state index in [1.54, 1.807) is 0 Å². The van der Waals surface area contributed by atoms with Crippen LogP contribution in [0, 0.1) is 11.3 Å². The highest BCUT2D eigenvalue weighted by atomic mass is 127. The summed E-state index contributed by atoms with van der Waals surface area (Å²) in [4.78, 5) is 18.5. The minimum absolute atomic E-state index is 0. The molecule has 1 aliphatic heterocycles. The molecule has 1 aromatic carbocycles. The first-order valence-corrected chi connectivity index (χ1v) is 8.96. The van der Waals surface area contributed by atoms with Gasteiger partial charge in [0.1, 0.15) is 0 Å². The van der Waals surface area contributed by atoms with E-state index in [-0.39, 0.29) is 46.8 Å². The lowest BCUT2D eigenvalue weighted by Gasteiger charge is -2.62. The van der Waals surface area contributed by atoms with Crippen LogP contribution in [-0.2, 0) is 11.3 Å². The van der Waals surface area contributed by atoms with Crippen LogP contribution in [0.25, 0.3) is 0 Å². The van der Waals surface area contributed by atoms with Crippen LogP contribution in [0.2, 0.25) is 0 Å². The Morgan fingerprint density at radius 3 is 2.19 bits per heavy atom. The smallest absolute Gasteiger partial charge is 0.226 e. The number of nitrogens with one attached hydrogen (secondary N) is 2. The molecule has 1 heterocycles. The quantitative estimate of drug-likeness (QED) is 0.394. The third-order valence-electron chi connectivity index (χ3n) is 5.55. The maximum absolute atomic E-state index is 11.7. The fourth-order valence-corrected chi connectivity index (χ4v) is 2.87. The van der Waals surface area contributed by atoms with E-state index in [0.717, 1.165) is 23.8 Å². The molecule has 1 saturated heterocycles. The van der Waals surface area contributed by atoms with Gasteiger partial charge in [0.05, 0.1) is 0 Å². The monoisotopic (exact) mass is 472 g/mol. The first-order chi connectivity index (χ1) is 11.6. The molecule has 1 amide bonds. The number of guanidine groups is 1. The van der Waals surface area contributed by atoms with Crippen LogP contribution in [0.5, 0.6) is 0 Å². The molecule has 6 heteroatoms. The van der Waals surface area contributed by atoms with Crippen molar-refractivity contribution >= 4 is 41.5 Å². The van der Waals surface area contributed by atoms with Crippen LogP contribution in [-0.4, -0.2) is 35.9 Å². The van der Waals surface area contributed by atoms with Gasteiger partial charge >= 0.3 is 0 Å². The Labute approximate surface area is 175 Å². The minimum atomic E-state index is -0.0196. The average molecular weight is 472 g/mol. The predicted octanol–water partition coefficient (Wildman–Crippen LogP) is 4.09. The second-order valence-corrected chi connectivity index (χ2v) is 8.27. The summed E-state index contributed by atoms with van der Waals surface area (Å²) in [7, 11) is 1.83. The summed E-state index contributed by atoms with van der Waals surface area (Å²) in [5, 5.41) is 6.36. The molecule has 0 aromatic heterocycles. The summed E-state index contributed by atoms with van der Waals surface area (Å²) in [5.74, 6) is 0.948. The van der Waals surface area contributed by atoms with E-state index in [1.807, 2.05) is 45.2 Å². The number of anilines is 1. The standard InChI is InChI=1S/C20H32N4O.HI/c1-14(2)17(25)23-16-10-8-15(9-11-16)12-22-18(21-7)24-13-19(3,4)20(24,5)6;/h8-11,14H,12-13H2,1-7H3,(H,21,22)(H,23,25);1H. The normalized spacial score (nSPS) is 18.0. The van der Waals surface area contributed by atoms with Gasteiger partial charge in [-0.15, -0.1) is 24.0 Å². The molecule has 26 heavy (non-hydrogen) atoms. The van der Waals surface area contributed by atoms with Crippen molar-refractivity contribution in [2.45, 2.75) is 53.6 Å². The van der Waals surface area contributed by atoms with Gasteiger partial charge in [-0.25, -0.2) is 0 Å². The molecule has 0 radical (unpaired) electrons. The molecule has 0 unspecified atom stereocenters. The Balaban J connectivity index is 0.00000338. The van der Waals surface area contributed by atoms with Crippen LogP contribution >= 0.6 is 24.0 Å². The fourth-order valence-electron chi connectivity index (χ4n) is 2.87. The van der Waals surface area contributed by atoms with E-state index >= 15 is 0 Å². The second-order valence-electron chi connectivity index (χ2n) is 8.27. The summed E-state index contributed by atoms with van der Waals surface area (Å²) in [6, 6.07) is 7.94. The molecule has 0 spiro atoms. The molecule has 0 bridgehead atoms. The van der Waals surface area contributed by atoms with Crippen molar-refractivity contribution in [3.8, 4) is 0 Å². The van der Waals surface area contributed by atoms with Crippen LogP contribution in [0.4, 0.5) is 5.69 Å². The second kappa shape index (κ2) is 8.59. The summed E-state index contributed by atoms with van der Waals surface area (Å²) in [5.41, 5.74) is 2.35. The zero-order valence-corrected chi connectivity index (χ0v) is 19.3. The maximum atomic E-state index is 11.7. The number of hydrogen-bond acceptors (Lipinski definition) is 2. The van der Waals surface area contributed by atoms with Crippen LogP contribution in [0.1, 0.15) is 47.1 Å². The third kappa shape index (κ3) is 4.69. The van der Waals surface area contributed by atoms with Gasteiger partial charge in [0.25, 0.3) is 0 Å². The Hall–Kier alpha value is -1.31. The van der Waals surface area contributed by atoms with Crippen molar-refractivity contribution in [2.75, 3.05) is 18.9 Å². The SMILES string of the molecule is CN=C(NCc1ccc(NC(=O)C(C)C)cc1)N1CC(C)(C)C1(C)C.I. The first kappa shape index (κ1) is 22.7. The number of likely N-dealkylation sites (tertiary alicyclic amines) is 1. The zero-order chi connectivity index (χ0) is 18.8. The van der Waals surface area contributed by atoms with Crippen molar-refractivity contribution in [1.82, 2.24) is 10.2 Å². The third-order valence-corrected chi connectivity index (χ3v) is 5.55. The number of hydrogen-bond donors (Lipinski definition) is 2. The Kier molecular flexibility index (Phi) is 7.51. The van der Waals surface area contributed by atoms with Crippen molar-refractivity contribution in [3.05, 3.63) is 29.8 Å². The molecule has 5 nitrogen and oxygen atoms in total. The molecular weight excluding hydrogens is 439 g/mol. The first-order valence-electron chi connectivity index (χ1n) is 8.96. The highest BCUT2D eigenvalue weighted by Gasteiger charge is 2.53. The zero-order valence-electron chi connectivity index (χ0n) is 17.0. The Morgan fingerprint density at radius 1 is 1.19 bits per heavy atom. The van der Waals surface area contributed by atoms with Gasteiger partial charge in [-0.2, -0.15) is 0 Å². The van der Waals surface area contributed by atoms with Crippen molar-refractivity contribution in [1.29, 1.82) is 0 Å². The number of aliphatic imine (C=N–C) groups is 1. The van der Waals surface area contributed by atoms with Crippen LogP contribution in [0.3, 0.4) is 0 Å². The van der Waals surface area contributed by atoms with Crippen LogP contribution < -0.4 is 10.6 Å². The molecule has 2 rings (SSSR count). The van der Waals surface area contributed by atoms with E-state index in [1.165, 1.54) is 0 Å². The van der Waals surface area contributed by atoms with Gasteiger partial charge in [0.15, 0.2) is 5.96 Å². The number of benzene rings is 1. The molecule has 2 N–H and O–H groups in total. The lowest BCUT2D eigenvalue weighted by molar-refractivity contribution is -0.118. The number of amides is 1. The van der Waals surface area contributed by atoms with Gasteiger partial charge in [-0.3, -0.25) is 9.79 Å². The average Bonchev–Trinajstić information content (AvgIpc) is 2.55. The van der Waals surface area contributed by atoms with Crippen molar-refractivity contribution in [3.63, 3.8) is 0 Å². The number of carbonyl (C=O) groups excluding carboxylic acids is 1. The van der Waals surface area contributed by atoms with Crippen LogP contribution in [0.15, 0.2) is 29.3 Å². The Bertz CT molecular complexity index is 650. The number of halogens is 1. The van der Waals surface area contributed by atoms with Gasteiger partial charge < -0.3 is 15.5 Å². The molecule has 0 atom stereocenters. The van der Waals surface area contributed by atoms with E-state index in [4.69, 9.17) is 0 Å². The van der Waals surface area contributed by atoms with Crippen molar-refractivity contribution in [2.24, 2.45) is 16.3 Å². The molecule has 1 aromatic rings. The van der Waals surface area contributed by atoms with Gasteiger partial charge in [-0.05, 0) is 31.5 Å².